The molecule has 0 heterocycles. The zero-order valence-electron chi connectivity index (χ0n) is 12.7. The number of rotatable bonds is 9. The number of amides is 1. The maximum atomic E-state index is 10.2. The van der Waals surface area contributed by atoms with Crippen LogP contribution < -0.4 is 17.2 Å². The quantitative estimate of drug-likeness (QED) is 0.148. The maximum absolute atomic E-state index is 10.2. The van der Waals surface area contributed by atoms with E-state index in [-0.39, 0.29) is 44.7 Å². The Balaban J connectivity index is -0.000000338. The summed E-state index contributed by atoms with van der Waals surface area (Å²) in [6.45, 7) is 0.380. The Labute approximate surface area is 146 Å². The minimum atomic E-state index is -1.23. The van der Waals surface area contributed by atoms with Gasteiger partial charge in [-0.1, -0.05) is 12.8 Å². The van der Waals surface area contributed by atoms with Crippen molar-refractivity contribution in [3.05, 3.63) is 11.5 Å². The van der Waals surface area contributed by atoms with Crippen LogP contribution in [0.3, 0.4) is 0 Å². The largest absolute Gasteiger partial charge is 2.00 e. The molecule has 2 atom stereocenters. The molecular formula is C11H22N6O5Zn. The Morgan fingerprint density at radius 2 is 1.39 bits per heavy atom. The average molecular weight is 384 g/mol. The van der Waals surface area contributed by atoms with Crippen LogP contribution in [0.1, 0.15) is 25.7 Å². The van der Waals surface area contributed by atoms with Crippen molar-refractivity contribution in [1.82, 2.24) is 0 Å². The van der Waals surface area contributed by atoms with E-state index in [1.807, 2.05) is 0 Å². The van der Waals surface area contributed by atoms with Crippen molar-refractivity contribution >= 4 is 23.8 Å². The third kappa shape index (κ3) is 20.2. The summed E-state index contributed by atoms with van der Waals surface area (Å²) in [5.74, 6) is -2.91. The van der Waals surface area contributed by atoms with E-state index in [1.54, 1.807) is 0 Å². The molecule has 0 spiro atoms. The third-order valence-electron chi connectivity index (χ3n) is 2.22. The van der Waals surface area contributed by atoms with Crippen LogP contribution in [0.15, 0.2) is 4.99 Å². The van der Waals surface area contributed by atoms with Crippen molar-refractivity contribution in [1.29, 1.82) is 0 Å². The number of guanidine groups is 1. The SMILES string of the molecule is [NH-]C(CCC(N)=O)C(=O)O.[NH-]C(CCCN=C(N)N)C(=O)O.[Zn+2]. The molecule has 128 valence electrons. The molecule has 0 saturated heterocycles. The Hall–Kier alpha value is -1.78. The molecule has 11 nitrogen and oxygen atoms in total. The van der Waals surface area contributed by atoms with Crippen molar-refractivity contribution in [3.63, 3.8) is 0 Å². The van der Waals surface area contributed by atoms with Crippen LogP contribution in [0.2, 0.25) is 0 Å². The number of hydrogen-bond donors (Lipinski definition) is 5. The molecular weight excluding hydrogens is 362 g/mol. The first-order chi connectivity index (χ1) is 10.1. The van der Waals surface area contributed by atoms with E-state index in [0.29, 0.717) is 13.0 Å². The zero-order chi connectivity index (χ0) is 17.7. The van der Waals surface area contributed by atoms with E-state index in [9.17, 15) is 14.4 Å². The minimum Gasteiger partial charge on any atom is -0.665 e. The molecule has 0 radical (unpaired) electrons. The van der Waals surface area contributed by atoms with Gasteiger partial charge in [-0.3, -0.25) is 19.4 Å². The normalized spacial score (nSPS) is 11.7. The number of aliphatic carboxylic acids is 2. The molecule has 0 aromatic rings. The fourth-order valence-electron chi connectivity index (χ4n) is 1.04. The monoisotopic (exact) mass is 382 g/mol. The molecule has 23 heavy (non-hydrogen) atoms. The Bertz CT molecular complexity index is 402. The predicted octanol–water partition coefficient (Wildman–Crippen LogP) is -0.700. The molecule has 0 bridgehead atoms. The van der Waals surface area contributed by atoms with Gasteiger partial charge in [-0.25, -0.2) is 0 Å². The van der Waals surface area contributed by atoms with Gasteiger partial charge in [0.05, 0.1) is 0 Å². The van der Waals surface area contributed by atoms with E-state index in [1.165, 1.54) is 0 Å². The molecule has 0 aliphatic rings. The molecule has 0 aliphatic heterocycles. The summed E-state index contributed by atoms with van der Waals surface area (Å²) in [4.78, 5) is 33.9. The molecule has 0 aromatic carbocycles. The van der Waals surface area contributed by atoms with Crippen LogP contribution in [0, 0.1) is 0 Å². The van der Waals surface area contributed by atoms with Crippen molar-refractivity contribution < 1.29 is 44.1 Å². The second-order valence-electron chi connectivity index (χ2n) is 4.24. The van der Waals surface area contributed by atoms with Crippen molar-refractivity contribution in [2.45, 2.75) is 37.8 Å². The van der Waals surface area contributed by atoms with Crippen LogP contribution in [0.5, 0.6) is 0 Å². The van der Waals surface area contributed by atoms with Gasteiger partial charge in [0.2, 0.25) is 5.91 Å². The molecule has 10 N–H and O–H groups in total. The number of hydrogen-bond acceptors (Lipinski definition) is 4. The smallest absolute Gasteiger partial charge is 0.665 e. The van der Waals surface area contributed by atoms with Gasteiger partial charge in [0, 0.05) is 13.0 Å². The summed E-state index contributed by atoms with van der Waals surface area (Å²) in [5.41, 5.74) is 28.6. The summed E-state index contributed by atoms with van der Waals surface area (Å²) in [7, 11) is 0. The molecule has 0 fully saturated rings. The number of aliphatic imine (C=N–C) groups is 1. The maximum Gasteiger partial charge on any atom is 2.00 e. The fourth-order valence-corrected chi connectivity index (χ4v) is 1.04. The molecule has 2 unspecified atom stereocenters. The van der Waals surface area contributed by atoms with Gasteiger partial charge in [-0.15, -0.1) is 0 Å². The molecule has 0 aliphatic carbocycles. The number of carbonyl (C=O) groups excluding carboxylic acids is 1. The van der Waals surface area contributed by atoms with Crippen LogP contribution in [0.25, 0.3) is 11.5 Å². The first-order valence-electron chi connectivity index (χ1n) is 6.29. The summed E-state index contributed by atoms with van der Waals surface area (Å²) in [6.07, 6.45) is 0.732. The summed E-state index contributed by atoms with van der Waals surface area (Å²) >= 11 is 0. The van der Waals surface area contributed by atoms with E-state index < -0.39 is 29.9 Å². The first kappa shape index (κ1) is 26.1. The van der Waals surface area contributed by atoms with E-state index >= 15 is 0 Å². The van der Waals surface area contributed by atoms with Crippen LogP contribution in [-0.4, -0.2) is 52.6 Å². The first-order valence-corrected chi connectivity index (χ1v) is 6.29. The van der Waals surface area contributed by atoms with Gasteiger partial charge in [-0.2, -0.15) is 0 Å². The van der Waals surface area contributed by atoms with Gasteiger partial charge in [0.1, 0.15) is 0 Å². The predicted molar refractivity (Wildman–Crippen MR) is 79.8 cm³/mol. The Morgan fingerprint density at radius 3 is 1.74 bits per heavy atom. The number of carboxylic acid groups (broad SMARTS) is 2. The molecule has 0 aromatic heterocycles. The summed E-state index contributed by atoms with van der Waals surface area (Å²) in [5, 5.41) is 16.5. The minimum absolute atomic E-state index is 0. The van der Waals surface area contributed by atoms with Crippen molar-refractivity contribution in [3.8, 4) is 0 Å². The molecule has 0 saturated carbocycles. The number of primary amides is 1. The third-order valence-corrected chi connectivity index (χ3v) is 2.22. The standard InChI is InChI=1S/C6H13N4O2.C5H9N2O3.Zn/c7-4(5(11)12)2-1-3-10-6(8)9;6-3(5(9)10)1-2-4(7)8;/h4,7H,1-3H2,(H,11,12)(H4,8,9,10);3,6H,1-2H2,(H2,7,8)(H,9,10);/q2*-1;+2. The van der Waals surface area contributed by atoms with Crippen molar-refractivity contribution in [2.24, 2.45) is 22.2 Å². The molecule has 12 heteroatoms. The van der Waals surface area contributed by atoms with Crippen LogP contribution >= 0.6 is 0 Å². The van der Waals surface area contributed by atoms with Gasteiger partial charge >= 0.3 is 19.5 Å². The van der Waals surface area contributed by atoms with E-state index in [4.69, 9.17) is 38.9 Å². The molecule has 1 amide bonds. The number of carbonyl (C=O) groups is 3. The van der Waals surface area contributed by atoms with E-state index in [2.05, 4.69) is 4.99 Å². The van der Waals surface area contributed by atoms with Gasteiger partial charge in [0.25, 0.3) is 11.9 Å². The number of nitrogens with zero attached hydrogens (tertiary/aromatic N) is 1. The summed E-state index contributed by atoms with van der Waals surface area (Å²) in [6, 6.07) is -2.30. The average Bonchev–Trinajstić information content (AvgIpc) is 2.40. The second-order valence-corrected chi connectivity index (χ2v) is 4.24. The van der Waals surface area contributed by atoms with E-state index in [0.717, 1.165) is 0 Å². The van der Waals surface area contributed by atoms with Gasteiger partial charge in [-0.05, 0) is 18.5 Å². The zero-order valence-corrected chi connectivity index (χ0v) is 15.7. The number of carboxylic acids is 2. The van der Waals surface area contributed by atoms with Gasteiger partial charge in [0.15, 0.2) is 5.96 Å². The number of nitrogens with one attached hydrogen (secondary N) is 2. The Kier molecular flexibility index (Phi) is 17.2. The summed E-state index contributed by atoms with van der Waals surface area (Å²) < 4.78 is 0. The topological polar surface area (TPSA) is 230 Å². The molecule has 0 rings (SSSR count). The number of nitrogens with two attached hydrogens (primary N) is 3. The fraction of sp³-hybridized carbons (Fsp3) is 0.636. The van der Waals surface area contributed by atoms with Crippen LogP contribution in [0.4, 0.5) is 0 Å². The van der Waals surface area contributed by atoms with Gasteiger partial charge < -0.3 is 38.9 Å². The van der Waals surface area contributed by atoms with Crippen molar-refractivity contribution in [2.75, 3.05) is 6.54 Å². The van der Waals surface area contributed by atoms with Crippen LogP contribution in [-0.2, 0) is 33.9 Å². The Morgan fingerprint density at radius 1 is 0.957 bits per heavy atom. The second kappa shape index (κ2) is 15.1.